The summed E-state index contributed by atoms with van der Waals surface area (Å²) in [6.07, 6.45) is 2.81. The predicted octanol–water partition coefficient (Wildman–Crippen LogP) is 2.87. The first-order chi connectivity index (χ1) is 9.27. The van der Waals surface area contributed by atoms with Gasteiger partial charge >= 0.3 is 0 Å². The van der Waals surface area contributed by atoms with E-state index in [2.05, 4.69) is 9.98 Å². The number of rotatable bonds is 3. The lowest BCUT2D eigenvalue weighted by molar-refractivity contribution is 0.564. The standard InChI is InChI=1S/C14H9N3O2/c15-13-11(10-4-2-1-3-5-10)6-7-12(16-8-18)14(13)17-9-19/h1-7H,15H2. The van der Waals surface area contributed by atoms with E-state index in [9.17, 15) is 9.59 Å². The normalized spacial score (nSPS) is 9.26. The van der Waals surface area contributed by atoms with Gasteiger partial charge in [0.1, 0.15) is 11.4 Å². The molecule has 0 saturated heterocycles. The quantitative estimate of drug-likeness (QED) is 0.517. The van der Waals surface area contributed by atoms with Crippen LogP contribution in [-0.2, 0) is 9.59 Å². The molecule has 0 spiro atoms. The fourth-order valence-corrected chi connectivity index (χ4v) is 1.77. The molecule has 0 fully saturated rings. The molecule has 0 unspecified atom stereocenters. The van der Waals surface area contributed by atoms with Gasteiger partial charge in [0.15, 0.2) is 0 Å². The lowest BCUT2D eigenvalue weighted by atomic mass is 10.0. The Labute approximate surface area is 109 Å². The smallest absolute Gasteiger partial charge is 0.240 e. The number of hydrogen-bond acceptors (Lipinski definition) is 5. The van der Waals surface area contributed by atoms with E-state index in [-0.39, 0.29) is 17.1 Å². The molecule has 0 atom stereocenters. The molecule has 0 heterocycles. The van der Waals surface area contributed by atoms with E-state index in [1.54, 1.807) is 12.1 Å². The number of hydrogen-bond donors (Lipinski definition) is 1. The van der Waals surface area contributed by atoms with Gasteiger partial charge in [0.2, 0.25) is 12.2 Å². The Balaban J connectivity index is 2.70. The Morgan fingerprint density at radius 2 is 1.58 bits per heavy atom. The maximum Gasteiger partial charge on any atom is 0.240 e. The zero-order valence-corrected chi connectivity index (χ0v) is 9.83. The number of nitrogen functional groups attached to an aromatic ring is 1. The summed E-state index contributed by atoms with van der Waals surface area (Å²) in [6, 6.07) is 12.6. The largest absolute Gasteiger partial charge is 0.396 e. The van der Waals surface area contributed by atoms with Crippen molar-refractivity contribution in [3.8, 4) is 11.1 Å². The van der Waals surface area contributed by atoms with Crippen molar-refractivity contribution in [2.24, 2.45) is 9.98 Å². The van der Waals surface area contributed by atoms with Crippen LogP contribution in [0.3, 0.4) is 0 Å². The minimum absolute atomic E-state index is 0.125. The minimum Gasteiger partial charge on any atom is -0.396 e. The lowest BCUT2D eigenvalue weighted by Crippen LogP contribution is -1.91. The van der Waals surface area contributed by atoms with Crippen LogP contribution >= 0.6 is 0 Å². The lowest BCUT2D eigenvalue weighted by Gasteiger charge is -2.09. The molecule has 0 saturated carbocycles. The summed E-state index contributed by atoms with van der Waals surface area (Å²) >= 11 is 0. The summed E-state index contributed by atoms with van der Waals surface area (Å²) in [5.74, 6) is 0. The van der Waals surface area contributed by atoms with Crippen LogP contribution in [0.2, 0.25) is 0 Å². The Hall–Kier alpha value is -3.00. The van der Waals surface area contributed by atoms with Gasteiger partial charge in [-0.1, -0.05) is 30.3 Å². The van der Waals surface area contributed by atoms with E-state index >= 15 is 0 Å². The molecule has 2 aromatic carbocycles. The van der Waals surface area contributed by atoms with Crippen LogP contribution in [0.5, 0.6) is 0 Å². The van der Waals surface area contributed by atoms with E-state index in [0.29, 0.717) is 5.56 Å². The third-order valence-electron chi connectivity index (χ3n) is 2.60. The molecule has 0 aromatic heterocycles. The molecule has 0 aliphatic heterocycles. The number of carbonyl (C=O) groups excluding carboxylic acids is 2. The predicted molar refractivity (Wildman–Crippen MR) is 71.9 cm³/mol. The average Bonchev–Trinajstić information content (AvgIpc) is 2.44. The zero-order chi connectivity index (χ0) is 13.7. The molecule has 92 valence electrons. The van der Waals surface area contributed by atoms with Gasteiger partial charge in [0.05, 0.1) is 5.69 Å². The fourth-order valence-electron chi connectivity index (χ4n) is 1.77. The molecule has 5 heteroatoms. The van der Waals surface area contributed by atoms with Crippen LogP contribution in [0.1, 0.15) is 0 Å². The number of aliphatic imine (C=N–C) groups is 2. The number of isocyanates is 2. The van der Waals surface area contributed by atoms with Crippen molar-refractivity contribution in [1.29, 1.82) is 0 Å². The second kappa shape index (κ2) is 5.56. The van der Waals surface area contributed by atoms with Crippen molar-refractivity contribution in [2.75, 3.05) is 5.73 Å². The number of benzene rings is 2. The first kappa shape index (κ1) is 12.5. The highest BCUT2D eigenvalue weighted by Gasteiger charge is 2.11. The van der Waals surface area contributed by atoms with E-state index in [0.717, 1.165) is 5.56 Å². The van der Waals surface area contributed by atoms with E-state index in [4.69, 9.17) is 5.73 Å². The maximum absolute atomic E-state index is 10.4. The molecule has 5 nitrogen and oxygen atoms in total. The van der Waals surface area contributed by atoms with Crippen molar-refractivity contribution in [2.45, 2.75) is 0 Å². The summed E-state index contributed by atoms with van der Waals surface area (Å²) in [7, 11) is 0. The highest BCUT2D eigenvalue weighted by Crippen LogP contribution is 2.40. The van der Waals surface area contributed by atoms with Crippen LogP contribution in [-0.4, -0.2) is 12.2 Å². The molecule has 0 aliphatic carbocycles. The van der Waals surface area contributed by atoms with Gasteiger partial charge in [-0.05, 0) is 17.7 Å². The Morgan fingerprint density at radius 1 is 0.895 bits per heavy atom. The number of nitrogens with zero attached hydrogens (tertiary/aromatic N) is 2. The van der Waals surface area contributed by atoms with Crippen molar-refractivity contribution in [3.05, 3.63) is 42.5 Å². The first-order valence-corrected chi connectivity index (χ1v) is 5.41. The SMILES string of the molecule is Nc1c(-c2ccccc2)ccc(N=C=O)c1N=C=O. The van der Waals surface area contributed by atoms with E-state index < -0.39 is 0 Å². The third kappa shape index (κ3) is 2.48. The van der Waals surface area contributed by atoms with Crippen molar-refractivity contribution >= 4 is 29.2 Å². The molecular weight excluding hydrogens is 242 g/mol. The summed E-state index contributed by atoms with van der Waals surface area (Å²) < 4.78 is 0. The Bertz CT molecular complexity index is 698. The van der Waals surface area contributed by atoms with Gasteiger partial charge in [0, 0.05) is 5.56 Å². The number of nitrogens with two attached hydrogens (primary N) is 1. The van der Waals surface area contributed by atoms with Crippen LogP contribution in [0.25, 0.3) is 11.1 Å². The van der Waals surface area contributed by atoms with Gasteiger partial charge in [-0.15, -0.1) is 0 Å². The Morgan fingerprint density at radius 3 is 2.21 bits per heavy atom. The van der Waals surface area contributed by atoms with Gasteiger partial charge in [0.25, 0.3) is 0 Å². The molecule has 0 amide bonds. The Kier molecular flexibility index (Phi) is 3.64. The summed E-state index contributed by atoms with van der Waals surface area (Å²) in [5.41, 5.74) is 8.14. The topological polar surface area (TPSA) is 84.9 Å². The molecule has 0 aliphatic rings. The first-order valence-electron chi connectivity index (χ1n) is 5.41. The summed E-state index contributed by atoms with van der Waals surface area (Å²) in [5, 5.41) is 0. The maximum atomic E-state index is 10.4. The van der Waals surface area contributed by atoms with Crippen molar-refractivity contribution < 1.29 is 9.59 Å². The third-order valence-corrected chi connectivity index (χ3v) is 2.60. The molecule has 0 radical (unpaired) electrons. The summed E-state index contributed by atoms with van der Waals surface area (Å²) in [6.45, 7) is 0. The van der Waals surface area contributed by atoms with Crippen LogP contribution in [0.4, 0.5) is 17.1 Å². The molecule has 0 bridgehead atoms. The van der Waals surface area contributed by atoms with Gasteiger partial charge in [-0.3, -0.25) is 0 Å². The number of anilines is 1. The molecule has 19 heavy (non-hydrogen) atoms. The van der Waals surface area contributed by atoms with Crippen LogP contribution < -0.4 is 5.73 Å². The van der Waals surface area contributed by atoms with Gasteiger partial charge in [-0.2, -0.15) is 9.98 Å². The molecule has 2 aromatic rings. The highest BCUT2D eigenvalue weighted by molar-refractivity contribution is 5.91. The van der Waals surface area contributed by atoms with Gasteiger partial charge in [-0.25, -0.2) is 9.59 Å². The van der Waals surface area contributed by atoms with E-state index in [1.165, 1.54) is 12.2 Å². The monoisotopic (exact) mass is 251 g/mol. The highest BCUT2D eigenvalue weighted by atomic mass is 16.1. The summed E-state index contributed by atoms with van der Waals surface area (Å²) in [4.78, 5) is 27.7. The zero-order valence-electron chi connectivity index (χ0n) is 9.83. The molecule has 2 N–H and O–H groups in total. The van der Waals surface area contributed by atoms with Gasteiger partial charge < -0.3 is 5.73 Å². The second-order valence-corrected chi connectivity index (χ2v) is 3.67. The van der Waals surface area contributed by atoms with Crippen molar-refractivity contribution in [3.63, 3.8) is 0 Å². The molecule has 2 rings (SSSR count). The van der Waals surface area contributed by atoms with Crippen LogP contribution in [0.15, 0.2) is 52.4 Å². The minimum atomic E-state index is 0.125. The van der Waals surface area contributed by atoms with Crippen LogP contribution in [0, 0.1) is 0 Å². The fraction of sp³-hybridized carbons (Fsp3) is 0. The average molecular weight is 251 g/mol. The van der Waals surface area contributed by atoms with E-state index in [1.807, 2.05) is 30.3 Å². The second-order valence-electron chi connectivity index (χ2n) is 3.67. The van der Waals surface area contributed by atoms with Crippen molar-refractivity contribution in [1.82, 2.24) is 0 Å². The molecular formula is C14H9N3O2.